The number of hydrogen-bond donors (Lipinski definition) is 1. The van der Waals surface area contributed by atoms with Gasteiger partial charge in [-0.2, -0.15) is 0 Å². The lowest BCUT2D eigenvalue weighted by Gasteiger charge is -2.04. The van der Waals surface area contributed by atoms with Crippen LogP contribution in [0.25, 0.3) is 0 Å². The zero-order valence-corrected chi connectivity index (χ0v) is 9.45. The summed E-state index contributed by atoms with van der Waals surface area (Å²) in [6.07, 6.45) is 0.697. The van der Waals surface area contributed by atoms with Crippen LogP contribution in [0.3, 0.4) is 0 Å². The quantitative estimate of drug-likeness (QED) is 0.753. The molecule has 1 aromatic carbocycles. The molecule has 16 heavy (non-hydrogen) atoms. The first-order valence-electron chi connectivity index (χ1n) is 5.05. The molecule has 0 aliphatic carbocycles. The molecule has 0 saturated heterocycles. The van der Waals surface area contributed by atoms with Gasteiger partial charge in [-0.25, -0.2) is 0 Å². The molecule has 1 rings (SSSR count). The number of rotatable bonds is 5. The Morgan fingerprint density at radius 3 is 2.38 bits per heavy atom. The molecule has 0 fully saturated rings. The van der Waals surface area contributed by atoms with Crippen molar-refractivity contribution >= 4 is 11.7 Å². The van der Waals surface area contributed by atoms with Gasteiger partial charge in [0.15, 0.2) is 0 Å². The molecule has 0 bridgehead atoms. The topological polar surface area (TPSA) is 55.4 Å². The van der Waals surface area contributed by atoms with Crippen molar-refractivity contribution in [2.45, 2.75) is 13.3 Å². The number of nitrogens with one attached hydrogen (secondary N) is 1. The molecule has 86 valence electrons. The highest BCUT2D eigenvalue weighted by Gasteiger charge is 2.05. The Balaban J connectivity index is 2.37. The summed E-state index contributed by atoms with van der Waals surface area (Å²) in [5.74, 6) is -0.195. The number of amides is 1. The van der Waals surface area contributed by atoms with E-state index < -0.39 is 11.7 Å². The van der Waals surface area contributed by atoms with Gasteiger partial charge in [0, 0.05) is 13.5 Å². The van der Waals surface area contributed by atoms with Gasteiger partial charge in [0.2, 0.25) is 5.78 Å². The molecule has 4 nitrogen and oxygen atoms in total. The Kier molecular flexibility index (Phi) is 4.51. The molecular formula is C12H15NO3. The fourth-order valence-corrected chi connectivity index (χ4v) is 1.24. The Labute approximate surface area is 94.6 Å². The molecule has 0 aromatic heterocycles. The number of ether oxygens (including phenoxy) is 1. The highest BCUT2D eigenvalue weighted by atomic mass is 16.5. The average Bonchev–Trinajstić information content (AvgIpc) is 2.29. The first-order valence-corrected chi connectivity index (χ1v) is 5.05. The van der Waals surface area contributed by atoms with Crippen LogP contribution < -0.4 is 10.1 Å². The summed E-state index contributed by atoms with van der Waals surface area (Å²) < 4.78 is 5.03. The zero-order chi connectivity index (χ0) is 12.0. The highest BCUT2D eigenvalue weighted by molar-refractivity contribution is 6.35. The van der Waals surface area contributed by atoms with Crippen molar-refractivity contribution in [2.24, 2.45) is 0 Å². The average molecular weight is 221 g/mol. The van der Waals surface area contributed by atoms with E-state index >= 15 is 0 Å². The van der Waals surface area contributed by atoms with Crippen molar-refractivity contribution in [3.63, 3.8) is 0 Å². The third kappa shape index (κ3) is 3.73. The van der Waals surface area contributed by atoms with Gasteiger partial charge in [-0.1, -0.05) is 12.1 Å². The van der Waals surface area contributed by atoms with Crippen molar-refractivity contribution < 1.29 is 14.3 Å². The van der Waals surface area contributed by atoms with Crippen LogP contribution >= 0.6 is 0 Å². The number of benzene rings is 1. The minimum Gasteiger partial charge on any atom is -0.497 e. The van der Waals surface area contributed by atoms with E-state index in [9.17, 15) is 9.59 Å². The number of carbonyl (C=O) groups is 2. The Hall–Kier alpha value is -1.84. The molecule has 0 saturated carbocycles. The molecule has 0 aliphatic heterocycles. The van der Waals surface area contributed by atoms with Gasteiger partial charge in [-0.15, -0.1) is 0 Å². The van der Waals surface area contributed by atoms with Crippen LogP contribution in [0.4, 0.5) is 0 Å². The van der Waals surface area contributed by atoms with E-state index in [-0.39, 0.29) is 0 Å². The maximum atomic E-state index is 11.0. The Morgan fingerprint density at radius 1 is 1.25 bits per heavy atom. The normalized spacial score (nSPS) is 9.62. The van der Waals surface area contributed by atoms with Gasteiger partial charge in [-0.05, 0) is 24.1 Å². The molecule has 0 spiro atoms. The minimum absolute atomic E-state index is 0.463. The van der Waals surface area contributed by atoms with Crippen LogP contribution in [0.1, 0.15) is 12.5 Å². The summed E-state index contributed by atoms with van der Waals surface area (Å²) in [6, 6.07) is 7.59. The van der Waals surface area contributed by atoms with E-state index in [0.29, 0.717) is 13.0 Å². The van der Waals surface area contributed by atoms with Crippen LogP contribution in [-0.2, 0) is 16.0 Å². The van der Waals surface area contributed by atoms with Gasteiger partial charge in [0.1, 0.15) is 5.75 Å². The molecule has 0 aliphatic rings. The van der Waals surface area contributed by atoms with Crippen molar-refractivity contribution in [1.29, 1.82) is 0 Å². The van der Waals surface area contributed by atoms with Gasteiger partial charge in [-0.3, -0.25) is 9.59 Å². The van der Waals surface area contributed by atoms with Crippen molar-refractivity contribution in [1.82, 2.24) is 5.32 Å². The van der Waals surface area contributed by atoms with Crippen LogP contribution in [-0.4, -0.2) is 25.3 Å². The monoisotopic (exact) mass is 221 g/mol. The molecule has 0 radical (unpaired) electrons. The predicted octanol–water partition coefficient (Wildman–Crippen LogP) is 0.943. The predicted molar refractivity (Wildman–Crippen MR) is 60.4 cm³/mol. The number of ketones is 1. The third-order valence-electron chi connectivity index (χ3n) is 2.18. The molecule has 1 N–H and O–H groups in total. The van der Waals surface area contributed by atoms with Crippen LogP contribution in [0.15, 0.2) is 24.3 Å². The van der Waals surface area contributed by atoms with E-state index in [0.717, 1.165) is 11.3 Å². The van der Waals surface area contributed by atoms with Crippen molar-refractivity contribution in [2.75, 3.05) is 13.7 Å². The second-order valence-corrected chi connectivity index (χ2v) is 3.41. The van der Waals surface area contributed by atoms with Crippen LogP contribution in [0.5, 0.6) is 5.75 Å². The molecule has 0 atom stereocenters. The van der Waals surface area contributed by atoms with Crippen molar-refractivity contribution in [3.05, 3.63) is 29.8 Å². The number of methoxy groups -OCH3 is 1. The van der Waals surface area contributed by atoms with E-state index in [1.807, 2.05) is 24.3 Å². The third-order valence-corrected chi connectivity index (χ3v) is 2.18. The van der Waals surface area contributed by atoms with Crippen LogP contribution in [0.2, 0.25) is 0 Å². The molecule has 1 aromatic rings. The molecular weight excluding hydrogens is 206 g/mol. The first-order chi connectivity index (χ1) is 7.63. The number of hydrogen-bond acceptors (Lipinski definition) is 3. The van der Waals surface area contributed by atoms with E-state index in [1.54, 1.807) is 7.11 Å². The summed E-state index contributed by atoms with van der Waals surface area (Å²) >= 11 is 0. The second-order valence-electron chi connectivity index (χ2n) is 3.41. The van der Waals surface area contributed by atoms with Crippen molar-refractivity contribution in [3.8, 4) is 5.75 Å². The fraction of sp³-hybridized carbons (Fsp3) is 0.333. The maximum Gasteiger partial charge on any atom is 0.287 e. The second kappa shape index (κ2) is 5.90. The lowest BCUT2D eigenvalue weighted by atomic mass is 10.1. The Bertz CT molecular complexity index is 370. The summed E-state index contributed by atoms with van der Waals surface area (Å²) in [5.41, 5.74) is 1.09. The lowest BCUT2D eigenvalue weighted by molar-refractivity contribution is -0.136. The number of Topliss-reactive ketones (excluding diaryl/α,β-unsaturated/α-hetero) is 1. The number of carbonyl (C=O) groups excluding carboxylic acids is 2. The van der Waals surface area contributed by atoms with E-state index in [1.165, 1.54) is 6.92 Å². The summed E-state index contributed by atoms with van der Waals surface area (Å²) in [7, 11) is 1.61. The Morgan fingerprint density at radius 2 is 1.88 bits per heavy atom. The summed E-state index contributed by atoms with van der Waals surface area (Å²) in [5, 5.41) is 2.54. The lowest BCUT2D eigenvalue weighted by Crippen LogP contribution is -2.30. The van der Waals surface area contributed by atoms with E-state index in [2.05, 4.69) is 5.32 Å². The first kappa shape index (κ1) is 12.2. The van der Waals surface area contributed by atoms with Gasteiger partial charge >= 0.3 is 0 Å². The standard InChI is InChI=1S/C12H15NO3/c1-9(14)12(15)13-8-7-10-3-5-11(16-2)6-4-10/h3-6H,7-8H2,1-2H3,(H,13,15). The highest BCUT2D eigenvalue weighted by Crippen LogP contribution is 2.11. The minimum atomic E-state index is -0.534. The fourth-order valence-electron chi connectivity index (χ4n) is 1.24. The molecule has 4 heteroatoms. The summed E-state index contributed by atoms with van der Waals surface area (Å²) in [6.45, 7) is 1.72. The van der Waals surface area contributed by atoms with Gasteiger partial charge in [0.05, 0.1) is 7.11 Å². The van der Waals surface area contributed by atoms with E-state index in [4.69, 9.17) is 4.74 Å². The smallest absolute Gasteiger partial charge is 0.287 e. The zero-order valence-electron chi connectivity index (χ0n) is 9.45. The molecule has 0 heterocycles. The van der Waals surface area contributed by atoms with Crippen LogP contribution in [0, 0.1) is 0 Å². The SMILES string of the molecule is COc1ccc(CCNC(=O)C(C)=O)cc1. The molecule has 1 amide bonds. The largest absolute Gasteiger partial charge is 0.497 e. The maximum absolute atomic E-state index is 11.0. The van der Waals surface area contributed by atoms with Gasteiger partial charge < -0.3 is 10.1 Å². The summed E-state index contributed by atoms with van der Waals surface area (Å²) in [4.78, 5) is 21.6. The van der Waals surface area contributed by atoms with Gasteiger partial charge in [0.25, 0.3) is 5.91 Å². The molecule has 0 unspecified atom stereocenters.